The average molecular weight is 454 g/mol. The van der Waals surface area contributed by atoms with Gasteiger partial charge < -0.3 is 14.2 Å². The van der Waals surface area contributed by atoms with E-state index in [1.807, 2.05) is 57.2 Å². The molecule has 4 aromatic rings. The van der Waals surface area contributed by atoms with Crippen LogP contribution >= 0.6 is 0 Å². The quantitative estimate of drug-likeness (QED) is 0.304. The number of hydrogen-bond donors (Lipinski definition) is 0. The van der Waals surface area contributed by atoms with Crippen molar-refractivity contribution in [3.63, 3.8) is 0 Å². The summed E-state index contributed by atoms with van der Waals surface area (Å²) in [6.45, 7) is 6.69. The van der Waals surface area contributed by atoms with Gasteiger partial charge in [0.15, 0.2) is 0 Å². The highest BCUT2D eigenvalue weighted by Gasteiger charge is 2.28. The Bertz CT molecular complexity index is 1360. The Hall–Kier alpha value is -3.54. The number of esters is 1. The summed E-state index contributed by atoms with van der Waals surface area (Å²) >= 11 is 0. The SMILES string of the molecule is CCOC(=O)c1ccccc1-c1cc(C)cc(C(C)OC2OCc3cc4ccccc4nc32)c1. The van der Waals surface area contributed by atoms with Gasteiger partial charge in [0.25, 0.3) is 0 Å². The number of para-hydroxylation sites is 1. The highest BCUT2D eigenvalue weighted by molar-refractivity contribution is 5.97. The maximum absolute atomic E-state index is 12.5. The number of fused-ring (bicyclic) bond motifs is 2. The van der Waals surface area contributed by atoms with Crippen LogP contribution in [-0.2, 0) is 20.8 Å². The van der Waals surface area contributed by atoms with Crippen molar-refractivity contribution in [2.75, 3.05) is 6.61 Å². The molecule has 0 aliphatic carbocycles. The van der Waals surface area contributed by atoms with Crippen molar-refractivity contribution in [2.24, 2.45) is 0 Å². The molecule has 0 amide bonds. The third-order valence-electron chi connectivity index (χ3n) is 6.08. The topological polar surface area (TPSA) is 57.7 Å². The maximum Gasteiger partial charge on any atom is 0.338 e. The van der Waals surface area contributed by atoms with Crippen molar-refractivity contribution in [3.05, 3.63) is 101 Å². The first-order valence-corrected chi connectivity index (χ1v) is 11.6. The number of benzene rings is 3. The Morgan fingerprint density at radius 1 is 1.09 bits per heavy atom. The molecular formula is C29H27NO4. The minimum atomic E-state index is -0.523. The first kappa shape index (κ1) is 22.3. The molecular weight excluding hydrogens is 426 g/mol. The molecule has 34 heavy (non-hydrogen) atoms. The number of aryl methyl sites for hydroxylation is 1. The van der Waals surface area contributed by atoms with Gasteiger partial charge in [-0.15, -0.1) is 0 Å². The Morgan fingerprint density at radius 2 is 1.88 bits per heavy atom. The lowest BCUT2D eigenvalue weighted by atomic mass is 9.95. The van der Waals surface area contributed by atoms with Gasteiger partial charge >= 0.3 is 5.97 Å². The van der Waals surface area contributed by atoms with Crippen LogP contribution in [0, 0.1) is 6.92 Å². The lowest BCUT2D eigenvalue weighted by Gasteiger charge is -2.20. The smallest absolute Gasteiger partial charge is 0.338 e. The van der Waals surface area contributed by atoms with Gasteiger partial charge in [0.05, 0.1) is 30.4 Å². The average Bonchev–Trinajstić information content (AvgIpc) is 3.23. The van der Waals surface area contributed by atoms with Crippen LogP contribution < -0.4 is 0 Å². The van der Waals surface area contributed by atoms with E-state index >= 15 is 0 Å². The largest absolute Gasteiger partial charge is 0.462 e. The second kappa shape index (κ2) is 9.37. The summed E-state index contributed by atoms with van der Waals surface area (Å²) in [6, 6.07) is 24.0. The van der Waals surface area contributed by atoms with Gasteiger partial charge in [-0.1, -0.05) is 54.1 Å². The van der Waals surface area contributed by atoms with Crippen molar-refractivity contribution >= 4 is 16.9 Å². The summed E-state index contributed by atoms with van der Waals surface area (Å²) in [6.07, 6.45) is -0.761. The number of pyridine rings is 1. The molecule has 0 radical (unpaired) electrons. The van der Waals surface area contributed by atoms with Crippen LogP contribution in [0.25, 0.3) is 22.0 Å². The Morgan fingerprint density at radius 3 is 2.74 bits per heavy atom. The summed E-state index contributed by atoms with van der Waals surface area (Å²) in [7, 11) is 0. The third-order valence-corrected chi connectivity index (χ3v) is 6.08. The van der Waals surface area contributed by atoms with Crippen LogP contribution in [0.15, 0.2) is 72.8 Å². The zero-order valence-electron chi connectivity index (χ0n) is 19.6. The second-order valence-electron chi connectivity index (χ2n) is 8.55. The van der Waals surface area contributed by atoms with E-state index < -0.39 is 6.29 Å². The molecule has 172 valence electrons. The summed E-state index contributed by atoms with van der Waals surface area (Å²) in [5, 5.41) is 1.10. The lowest BCUT2D eigenvalue weighted by molar-refractivity contribution is -0.167. The number of hydrogen-bond acceptors (Lipinski definition) is 5. The van der Waals surface area contributed by atoms with E-state index in [9.17, 15) is 4.79 Å². The van der Waals surface area contributed by atoms with Gasteiger partial charge in [-0.05, 0) is 61.7 Å². The van der Waals surface area contributed by atoms with E-state index in [0.717, 1.165) is 44.4 Å². The normalized spacial score (nSPS) is 15.8. The van der Waals surface area contributed by atoms with Crippen LogP contribution in [0.5, 0.6) is 0 Å². The molecule has 1 aromatic heterocycles. The van der Waals surface area contributed by atoms with Gasteiger partial charge in [-0.3, -0.25) is 0 Å². The van der Waals surface area contributed by atoms with E-state index in [0.29, 0.717) is 18.8 Å². The number of carbonyl (C=O) groups excluding carboxylic acids is 1. The summed E-state index contributed by atoms with van der Waals surface area (Å²) in [4.78, 5) is 17.3. The maximum atomic E-state index is 12.5. The minimum absolute atomic E-state index is 0.238. The van der Waals surface area contributed by atoms with Crippen LogP contribution in [-0.4, -0.2) is 17.6 Å². The van der Waals surface area contributed by atoms with Gasteiger partial charge in [0.2, 0.25) is 6.29 Å². The number of rotatable bonds is 6. The third kappa shape index (κ3) is 4.32. The highest BCUT2D eigenvalue weighted by Crippen LogP contribution is 2.37. The first-order valence-electron chi connectivity index (χ1n) is 11.6. The Labute approximate surface area is 199 Å². The fourth-order valence-electron chi connectivity index (χ4n) is 4.43. The van der Waals surface area contributed by atoms with E-state index in [4.69, 9.17) is 19.2 Å². The molecule has 0 saturated heterocycles. The Balaban J connectivity index is 1.44. The van der Waals surface area contributed by atoms with Gasteiger partial charge in [-0.25, -0.2) is 9.78 Å². The predicted molar refractivity (Wildman–Crippen MR) is 131 cm³/mol. The lowest BCUT2D eigenvalue weighted by Crippen LogP contribution is -2.09. The van der Waals surface area contributed by atoms with Gasteiger partial charge in [0, 0.05) is 10.9 Å². The molecule has 2 unspecified atom stereocenters. The van der Waals surface area contributed by atoms with Crippen molar-refractivity contribution in [1.82, 2.24) is 4.98 Å². The van der Waals surface area contributed by atoms with Gasteiger partial charge in [-0.2, -0.15) is 0 Å². The fourth-order valence-corrected chi connectivity index (χ4v) is 4.43. The summed E-state index contributed by atoms with van der Waals surface area (Å²) < 4.78 is 17.6. The molecule has 2 atom stereocenters. The number of ether oxygens (including phenoxy) is 3. The second-order valence-corrected chi connectivity index (χ2v) is 8.55. The minimum Gasteiger partial charge on any atom is -0.462 e. The van der Waals surface area contributed by atoms with Crippen molar-refractivity contribution in [2.45, 2.75) is 39.8 Å². The molecule has 0 spiro atoms. The monoisotopic (exact) mass is 453 g/mol. The molecule has 0 bridgehead atoms. The van der Waals surface area contributed by atoms with Crippen LogP contribution in [0.1, 0.15) is 59.0 Å². The highest BCUT2D eigenvalue weighted by atomic mass is 16.7. The van der Waals surface area contributed by atoms with E-state index in [1.165, 1.54) is 0 Å². The molecule has 5 heteroatoms. The molecule has 5 nitrogen and oxygen atoms in total. The Kier molecular flexibility index (Phi) is 6.14. The number of aromatic nitrogens is 1. The molecule has 2 heterocycles. The van der Waals surface area contributed by atoms with Crippen molar-refractivity contribution < 1.29 is 19.0 Å². The summed E-state index contributed by atoms with van der Waals surface area (Å²) in [5.74, 6) is -0.320. The first-order chi connectivity index (χ1) is 16.5. The number of carbonyl (C=O) groups is 1. The zero-order chi connectivity index (χ0) is 23.7. The fraction of sp³-hybridized carbons (Fsp3) is 0.241. The van der Waals surface area contributed by atoms with Crippen molar-refractivity contribution in [1.29, 1.82) is 0 Å². The molecule has 1 aliphatic heterocycles. The molecule has 0 N–H and O–H groups in total. The van der Waals surface area contributed by atoms with E-state index in [-0.39, 0.29) is 12.1 Å². The predicted octanol–water partition coefficient (Wildman–Crippen LogP) is 6.69. The molecule has 0 fully saturated rings. The van der Waals surface area contributed by atoms with Crippen molar-refractivity contribution in [3.8, 4) is 11.1 Å². The van der Waals surface area contributed by atoms with E-state index in [2.05, 4.69) is 30.3 Å². The van der Waals surface area contributed by atoms with Crippen LogP contribution in [0.2, 0.25) is 0 Å². The van der Waals surface area contributed by atoms with E-state index in [1.54, 1.807) is 6.07 Å². The van der Waals surface area contributed by atoms with Crippen LogP contribution in [0.4, 0.5) is 0 Å². The molecule has 0 saturated carbocycles. The summed E-state index contributed by atoms with van der Waals surface area (Å²) in [5.41, 5.74) is 7.26. The number of nitrogens with zero attached hydrogens (tertiary/aromatic N) is 1. The molecule has 3 aromatic carbocycles. The molecule has 1 aliphatic rings. The van der Waals surface area contributed by atoms with Crippen LogP contribution in [0.3, 0.4) is 0 Å². The molecule has 5 rings (SSSR count). The standard InChI is InChI=1S/C29H27NO4/c1-4-32-28(31)25-11-7-6-10-24(25)22-14-18(2)13-21(16-22)19(3)34-29-27-23(17-33-29)15-20-9-5-8-12-26(20)30-27/h5-16,19,29H,4,17H2,1-3H3. The van der Waals surface area contributed by atoms with Gasteiger partial charge in [0.1, 0.15) is 5.69 Å². The zero-order valence-corrected chi connectivity index (χ0v) is 19.6.